The van der Waals surface area contributed by atoms with Gasteiger partial charge in [0, 0.05) is 0 Å². The van der Waals surface area contributed by atoms with Gasteiger partial charge < -0.3 is 10.2 Å². The largest absolute Gasteiger partial charge is 0.481 e. The van der Waals surface area contributed by atoms with Crippen LogP contribution in [0.5, 0.6) is 0 Å². The van der Waals surface area contributed by atoms with Gasteiger partial charge in [-0.1, -0.05) is 19.1 Å². The van der Waals surface area contributed by atoms with Crippen molar-refractivity contribution in [1.82, 2.24) is 0 Å². The average Bonchev–Trinajstić information content (AvgIpc) is 2.16. The number of aliphatic carboxylic acids is 2. The summed E-state index contributed by atoms with van der Waals surface area (Å²) in [6, 6.07) is 0. The Hall–Kier alpha value is -1.32. The molecule has 0 fully saturated rings. The Morgan fingerprint density at radius 1 is 1.27 bits per heavy atom. The second kappa shape index (κ2) is 7.04. The highest BCUT2D eigenvalue weighted by atomic mass is 16.4. The molecule has 2 atom stereocenters. The van der Waals surface area contributed by atoms with Gasteiger partial charge in [-0.05, 0) is 26.2 Å². The number of hydrogen-bond donors (Lipinski definition) is 2. The van der Waals surface area contributed by atoms with Gasteiger partial charge in [0.15, 0.2) is 0 Å². The summed E-state index contributed by atoms with van der Waals surface area (Å²) in [4.78, 5) is 21.5. The van der Waals surface area contributed by atoms with Crippen LogP contribution >= 0.6 is 0 Å². The number of rotatable bonds is 7. The molecule has 2 N–H and O–H groups in total. The summed E-state index contributed by atoms with van der Waals surface area (Å²) in [5.41, 5.74) is 0. The molecule has 0 aliphatic carbocycles. The van der Waals surface area contributed by atoms with Crippen LogP contribution in [-0.2, 0) is 9.59 Å². The molecular formula is C11H18O4. The summed E-state index contributed by atoms with van der Waals surface area (Å²) in [7, 11) is 0. The summed E-state index contributed by atoms with van der Waals surface area (Å²) in [5.74, 6) is -3.68. The minimum atomic E-state index is -1.05. The molecule has 0 rings (SSSR count). The Bertz CT molecular complexity index is 245. The molecule has 0 aromatic rings. The fraction of sp³-hybridized carbons (Fsp3) is 0.636. The van der Waals surface area contributed by atoms with Gasteiger partial charge in [0.2, 0.25) is 0 Å². The number of carbonyl (C=O) groups is 2. The Kier molecular flexibility index (Phi) is 6.42. The summed E-state index contributed by atoms with van der Waals surface area (Å²) >= 11 is 0. The number of carboxylic acid groups (broad SMARTS) is 2. The first kappa shape index (κ1) is 13.7. The Morgan fingerprint density at radius 3 is 2.27 bits per heavy atom. The van der Waals surface area contributed by atoms with Gasteiger partial charge in [0.25, 0.3) is 0 Å². The summed E-state index contributed by atoms with van der Waals surface area (Å²) < 4.78 is 0. The number of unbranched alkanes of at least 4 members (excludes halogenated alkanes) is 1. The molecule has 0 radical (unpaired) electrons. The van der Waals surface area contributed by atoms with Gasteiger partial charge in [-0.3, -0.25) is 9.59 Å². The van der Waals surface area contributed by atoms with E-state index < -0.39 is 23.8 Å². The molecule has 4 nitrogen and oxygen atoms in total. The van der Waals surface area contributed by atoms with Crippen LogP contribution in [0.25, 0.3) is 0 Å². The van der Waals surface area contributed by atoms with Crippen molar-refractivity contribution >= 4 is 11.9 Å². The molecule has 0 bridgehead atoms. The van der Waals surface area contributed by atoms with Crippen molar-refractivity contribution in [2.45, 2.75) is 33.1 Å². The van der Waals surface area contributed by atoms with Crippen LogP contribution in [0.4, 0.5) is 0 Å². The lowest BCUT2D eigenvalue weighted by molar-refractivity contribution is -0.153. The molecule has 0 spiro atoms. The maximum absolute atomic E-state index is 10.8. The van der Waals surface area contributed by atoms with E-state index in [0.717, 1.165) is 6.42 Å². The predicted molar refractivity (Wildman–Crippen MR) is 56.6 cm³/mol. The molecule has 0 saturated heterocycles. The molecule has 0 saturated carbocycles. The highest BCUT2D eigenvalue weighted by Crippen LogP contribution is 2.19. The van der Waals surface area contributed by atoms with Gasteiger partial charge in [-0.2, -0.15) is 0 Å². The Balaban J connectivity index is 4.17. The summed E-state index contributed by atoms with van der Waals surface area (Å²) in [6.07, 6.45) is 5.76. The Labute approximate surface area is 89.6 Å². The molecule has 0 heterocycles. The van der Waals surface area contributed by atoms with Crippen LogP contribution in [-0.4, -0.2) is 22.2 Å². The van der Waals surface area contributed by atoms with Crippen LogP contribution in [0.3, 0.4) is 0 Å². The molecule has 4 heteroatoms. The molecule has 0 aromatic carbocycles. The zero-order valence-electron chi connectivity index (χ0n) is 9.14. The molecule has 0 aliphatic heterocycles. The molecule has 0 aromatic heterocycles. The molecule has 0 aliphatic rings. The highest BCUT2D eigenvalue weighted by Gasteiger charge is 2.28. The van der Waals surface area contributed by atoms with Crippen LogP contribution in [0, 0.1) is 11.8 Å². The molecule has 0 amide bonds. The second-order valence-corrected chi connectivity index (χ2v) is 3.57. The first-order chi connectivity index (χ1) is 7.00. The van der Waals surface area contributed by atoms with Gasteiger partial charge >= 0.3 is 11.9 Å². The normalized spacial score (nSPS) is 15.1. The smallest absolute Gasteiger partial charge is 0.307 e. The zero-order valence-corrected chi connectivity index (χ0v) is 9.14. The van der Waals surface area contributed by atoms with E-state index in [9.17, 15) is 9.59 Å². The van der Waals surface area contributed by atoms with E-state index in [2.05, 4.69) is 0 Å². The standard InChI is InChI=1S/C11H18O4/c1-3-4-5-6-7-9(11(14)15)8(2)10(12)13/h3-4,8-9H,5-7H2,1-2H3,(H,12,13)(H,14,15). The van der Waals surface area contributed by atoms with Crippen molar-refractivity contribution < 1.29 is 19.8 Å². The molecule has 15 heavy (non-hydrogen) atoms. The number of hydrogen-bond acceptors (Lipinski definition) is 2. The molecule has 2 unspecified atom stereocenters. The predicted octanol–water partition coefficient (Wildman–Crippen LogP) is 2.15. The van der Waals surface area contributed by atoms with Crippen LogP contribution in [0.15, 0.2) is 12.2 Å². The van der Waals surface area contributed by atoms with Crippen LogP contribution in [0.1, 0.15) is 33.1 Å². The number of carboxylic acids is 2. The summed E-state index contributed by atoms with van der Waals surface area (Å²) in [6.45, 7) is 3.34. The van der Waals surface area contributed by atoms with Crippen LogP contribution in [0.2, 0.25) is 0 Å². The van der Waals surface area contributed by atoms with Crippen molar-refractivity contribution in [1.29, 1.82) is 0 Å². The molecule has 86 valence electrons. The number of allylic oxidation sites excluding steroid dienone is 2. The minimum Gasteiger partial charge on any atom is -0.481 e. The van der Waals surface area contributed by atoms with Crippen LogP contribution < -0.4 is 0 Å². The lowest BCUT2D eigenvalue weighted by atomic mass is 9.89. The lowest BCUT2D eigenvalue weighted by Gasteiger charge is -2.15. The third-order valence-corrected chi connectivity index (χ3v) is 2.43. The van der Waals surface area contributed by atoms with E-state index in [0.29, 0.717) is 12.8 Å². The van der Waals surface area contributed by atoms with E-state index in [1.807, 2.05) is 19.1 Å². The van der Waals surface area contributed by atoms with E-state index in [4.69, 9.17) is 10.2 Å². The van der Waals surface area contributed by atoms with E-state index in [1.165, 1.54) is 6.92 Å². The monoisotopic (exact) mass is 214 g/mol. The third-order valence-electron chi connectivity index (χ3n) is 2.43. The first-order valence-corrected chi connectivity index (χ1v) is 5.07. The first-order valence-electron chi connectivity index (χ1n) is 5.07. The van der Waals surface area contributed by atoms with Crippen molar-refractivity contribution in [3.63, 3.8) is 0 Å². The maximum Gasteiger partial charge on any atom is 0.307 e. The van der Waals surface area contributed by atoms with E-state index >= 15 is 0 Å². The van der Waals surface area contributed by atoms with Gasteiger partial charge in [0.1, 0.15) is 0 Å². The van der Waals surface area contributed by atoms with E-state index in [1.54, 1.807) is 0 Å². The van der Waals surface area contributed by atoms with Gasteiger partial charge in [-0.25, -0.2) is 0 Å². The van der Waals surface area contributed by atoms with Gasteiger partial charge in [-0.15, -0.1) is 0 Å². The van der Waals surface area contributed by atoms with Crippen molar-refractivity contribution in [3.8, 4) is 0 Å². The minimum absolute atomic E-state index is 0.410. The van der Waals surface area contributed by atoms with Crippen molar-refractivity contribution in [2.24, 2.45) is 11.8 Å². The zero-order chi connectivity index (χ0) is 11.8. The fourth-order valence-electron chi connectivity index (χ4n) is 1.38. The molecular weight excluding hydrogens is 196 g/mol. The van der Waals surface area contributed by atoms with Crippen molar-refractivity contribution in [2.75, 3.05) is 0 Å². The SMILES string of the molecule is CC=CCCCC(C(=O)O)C(C)C(=O)O. The average molecular weight is 214 g/mol. The van der Waals surface area contributed by atoms with Gasteiger partial charge in [0.05, 0.1) is 11.8 Å². The fourth-order valence-corrected chi connectivity index (χ4v) is 1.38. The maximum atomic E-state index is 10.8. The third kappa shape index (κ3) is 5.20. The second-order valence-electron chi connectivity index (χ2n) is 3.57. The topological polar surface area (TPSA) is 74.6 Å². The highest BCUT2D eigenvalue weighted by molar-refractivity contribution is 5.79. The summed E-state index contributed by atoms with van der Waals surface area (Å²) in [5, 5.41) is 17.6. The quantitative estimate of drug-likeness (QED) is 0.503. The lowest BCUT2D eigenvalue weighted by Crippen LogP contribution is -2.27. The Morgan fingerprint density at radius 2 is 1.87 bits per heavy atom. The van der Waals surface area contributed by atoms with E-state index in [-0.39, 0.29) is 0 Å². The van der Waals surface area contributed by atoms with Crippen molar-refractivity contribution in [3.05, 3.63) is 12.2 Å².